The van der Waals surface area contributed by atoms with Gasteiger partial charge in [-0.05, 0) is 34.4 Å². The predicted octanol–water partition coefficient (Wildman–Crippen LogP) is 9.91. The van der Waals surface area contributed by atoms with E-state index in [1.54, 1.807) is 0 Å². The molecule has 2 nitrogen and oxygen atoms in total. The van der Waals surface area contributed by atoms with Crippen molar-refractivity contribution in [2.45, 2.75) is 0 Å². The molecule has 0 aliphatic carbocycles. The van der Waals surface area contributed by atoms with Crippen LogP contribution in [0.4, 0.5) is 0 Å². The number of halogens is 1. The second-order valence-corrected chi connectivity index (χ2v) is 10.8. The van der Waals surface area contributed by atoms with Crippen molar-refractivity contribution in [2.24, 2.45) is 14.1 Å². The summed E-state index contributed by atoms with van der Waals surface area (Å²) in [6.45, 7) is 4.21. The van der Waals surface area contributed by atoms with Gasteiger partial charge in [0.15, 0.2) is 0 Å². The van der Waals surface area contributed by atoms with Gasteiger partial charge in [0.2, 0.25) is 0 Å². The third kappa shape index (κ3) is 4.02. The van der Waals surface area contributed by atoms with E-state index in [0.717, 1.165) is 10.0 Å². The Balaban J connectivity index is 0.000000138. The molecule has 0 unspecified atom stereocenters. The zero-order valence-corrected chi connectivity index (χ0v) is 26.4. The topological polar surface area (TPSA) is 9.86 Å². The molecule has 187 valence electrons. The summed E-state index contributed by atoms with van der Waals surface area (Å²) in [4.78, 5) is 0. The van der Waals surface area contributed by atoms with Gasteiger partial charge < -0.3 is 9.13 Å². The third-order valence-electron chi connectivity index (χ3n) is 7.85. The fourth-order valence-electron chi connectivity index (χ4n) is 6.11. The van der Waals surface area contributed by atoms with Crippen molar-refractivity contribution in [1.29, 1.82) is 0 Å². The van der Waals surface area contributed by atoms with Crippen LogP contribution in [0.2, 0.25) is 0 Å². The van der Waals surface area contributed by atoms with Gasteiger partial charge in [0.25, 0.3) is 0 Å². The number of hydrogen-bond acceptors (Lipinski definition) is 0. The Labute approximate surface area is 261 Å². The van der Waals surface area contributed by atoms with Crippen molar-refractivity contribution >= 4 is 81.1 Å². The van der Waals surface area contributed by atoms with Crippen LogP contribution in [-0.4, -0.2) is 9.13 Å². The molecule has 1 radical (unpaired) electrons. The molecular formula is C35H26BrN2Y-. The van der Waals surface area contributed by atoms with Gasteiger partial charge in [-0.25, -0.2) is 0 Å². The van der Waals surface area contributed by atoms with Crippen LogP contribution in [-0.2, 0) is 46.8 Å². The number of fused-ring (bicyclic) bond motifs is 10. The average Bonchev–Trinajstić information content (AvgIpc) is 3.41. The number of hydrogen-bond donors (Lipinski definition) is 0. The normalized spacial score (nSPS) is 11.4. The molecule has 0 saturated heterocycles. The van der Waals surface area contributed by atoms with Gasteiger partial charge in [-0.1, -0.05) is 100 Å². The van der Waals surface area contributed by atoms with Gasteiger partial charge in [-0.2, -0.15) is 18.6 Å². The molecule has 0 fully saturated rings. The number of para-hydroxylation sites is 2. The van der Waals surface area contributed by atoms with Crippen molar-refractivity contribution in [3.63, 3.8) is 0 Å². The zero-order chi connectivity index (χ0) is 26.0. The standard InChI is InChI=1S/C18H14N.C17H12BrN.Y/c1-12-11-16-14-8-5-6-10-17(14)19(2)18(16)15-9-4-3-7-13(12)15;1-19-16-9-5-4-7-12(16)14-10-15(18)11-6-2-3-8-13(11)17(14)19;/h3-11H,1H2,2H3;2-10H,1H3;/q-1;;. The SMILES string of the molecule is Cn1c2ccccc2c2cc(Br)c3ccccc3c21.[CH2-]c1cc2c3ccccc3n(C)c2c2ccccc12.[Y]. The Bertz CT molecular complexity index is 2030. The van der Waals surface area contributed by atoms with Crippen molar-refractivity contribution < 1.29 is 32.7 Å². The number of benzene rings is 6. The van der Waals surface area contributed by atoms with Crippen LogP contribution in [0.5, 0.6) is 0 Å². The molecule has 0 amide bonds. The summed E-state index contributed by atoms with van der Waals surface area (Å²) in [7, 11) is 4.28. The Morgan fingerprint density at radius 1 is 0.487 bits per heavy atom. The molecule has 8 aromatic rings. The number of nitrogens with zero attached hydrogens (tertiary/aromatic N) is 2. The third-order valence-corrected chi connectivity index (χ3v) is 8.51. The average molecular weight is 643 g/mol. The van der Waals surface area contributed by atoms with Crippen LogP contribution >= 0.6 is 15.9 Å². The van der Waals surface area contributed by atoms with Gasteiger partial charge >= 0.3 is 0 Å². The largest absolute Gasteiger partial charge is 0.345 e. The maximum atomic E-state index is 4.21. The van der Waals surface area contributed by atoms with Crippen molar-refractivity contribution in [3.05, 3.63) is 126 Å². The fourth-order valence-corrected chi connectivity index (χ4v) is 6.69. The Kier molecular flexibility index (Phi) is 6.79. The van der Waals surface area contributed by atoms with E-state index in [0.29, 0.717) is 0 Å². The summed E-state index contributed by atoms with van der Waals surface area (Å²) in [5.74, 6) is 0. The van der Waals surface area contributed by atoms with E-state index in [4.69, 9.17) is 0 Å². The van der Waals surface area contributed by atoms with E-state index in [1.165, 1.54) is 65.2 Å². The molecule has 6 aromatic carbocycles. The number of aromatic nitrogens is 2. The van der Waals surface area contributed by atoms with Crippen molar-refractivity contribution in [3.8, 4) is 0 Å². The van der Waals surface area contributed by atoms with Crippen LogP contribution in [0.25, 0.3) is 65.2 Å². The summed E-state index contributed by atoms with van der Waals surface area (Å²) in [6.07, 6.45) is 0. The maximum Gasteiger partial charge on any atom is 0.0569 e. The zero-order valence-electron chi connectivity index (χ0n) is 21.9. The molecular weight excluding hydrogens is 617 g/mol. The first-order chi connectivity index (χ1) is 18.5. The Morgan fingerprint density at radius 3 is 1.41 bits per heavy atom. The summed E-state index contributed by atoms with van der Waals surface area (Å²) < 4.78 is 5.73. The molecule has 0 N–H and O–H groups in total. The molecule has 0 aliphatic heterocycles. The number of aryl methyl sites for hydroxylation is 2. The van der Waals surface area contributed by atoms with E-state index in [9.17, 15) is 0 Å². The second-order valence-electron chi connectivity index (χ2n) is 9.93. The first kappa shape index (κ1) is 26.1. The van der Waals surface area contributed by atoms with E-state index in [-0.39, 0.29) is 32.7 Å². The van der Waals surface area contributed by atoms with Gasteiger partial charge in [-0.15, -0.1) is 11.5 Å². The second kappa shape index (κ2) is 10.1. The summed E-state index contributed by atoms with van der Waals surface area (Å²) >= 11 is 3.70. The molecule has 2 aromatic heterocycles. The van der Waals surface area contributed by atoms with Gasteiger partial charge in [-0.3, -0.25) is 0 Å². The molecule has 0 aliphatic rings. The monoisotopic (exact) mass is 642 g/mol. The van der Waals surface area contributed by atoms with Crippen molar-refractivity contribution in [1.82, 2.24) is 9.13 Å². The minimum absolute atomic E-state index is 0. The first-order valence-electron chi connectivity index (χ1n) is 12.8. The van der Waals surface area contributed by atoms with Crippen LogP contribution in [0.15, 0.2) is 114 Å². The van der Waals surface area contributed by atoms with E-state index in [2.05, 4.69) is 155 Å². The van der Waals surface area contributed by atoms with Gasteiger partial charge in [0.1, 0.15) is 0 Å². The Hall–Kier alpha value is -3.11. The summed E-state index contributed by atoms with van der Waals surface area (Å²) in [5.41, 5.74) is 6.25. The van der Waals surface area contributed by atoms with Gasteiger partial charge in [0.05, 0.1) is 5.52 Å². The van der Waals surface area contributed by atoms with Gasteiger partial charge in [0, 0.05) is 84.0 Å². The summed E-state index contributed by atoms with van der Waals surface area (Å²) in [5, 5.41) is 10.3. The minimum atomic E-state index is 0. The molecule has 0 atom stereocenters. The van der Waals surface area contributed by atoms with Crippen LogP contribution in [0, 0.1) is 6.92 Å². The molecule has 4 heteroatoms. The predicted molar refractivity (Wildman–Crippen MR) is 168 cm³/mol. The molecule has 8 rings (SSSR count). The van der Waals surface area contributed by atoms with Crippen molar-refractivity contribution in [2.75, 3.05) is 0 Å². The minimum Gasteiger partial charge on any atom is -0.345 e. The number of rotatable bonds is 0. The molecule has 0 saturated carbocycles. The Morgan fingerprint density at radius 2 is 0.872 bits per heavy atom. The molecule has 0 bridgehead atoms. The quantitative estimate of drug-likeness (QED) is 0.146. The van der Waals surface area contributed by atoms with E-state index in [1.807, 2.05) is 0 Å². The maximum absolute atomic E-state index is 4.21. The van der Waals surface area contributed by atoms with Crippen LogP contribution < -0.4 is 0 Å². The smallest absolute Gasteiger partial charge is 0.0569 e. The molecule has 2 heterocycles. The molecule has 0 spiro atoms. The first-order valence-corrected chi connectivity index (χ1v) is 13.6. The van der Waals surface area contributed by atoms with Crippen LogP contribution in [0.3, 0.4) is 0 Å². The molecule has 39 heavy (non-hydrogen) atoms. The fraction of sp³-hybridized carbons (Fsp3) is 0.0571. The van der Waals surface area contributed by atoms with Crippen LogP contribution in [0.1, 0.15) is 5.56 Å². The van der Waals surface area contributed by atoms with E-state index < -0.39 is 0 Å². The van der Waals surface area contributed by atoms with E-state index >= 15 is 0 Å². The summed E-state index contributed by atoms with van der Waals surface area (Å²) in [6, 6.07) is 38.6.